The van der Waals surface area contributed by atoms with Crippen LogP contribution in [0.1, 0.15) is 28.9 Å². The van der Waals surface area contributed by atoms with Gasteiger partial charge >= 0.3 is 0 Å². The molecule has 1 aromatic heterocycles. The number of nitrogens with one attached hydrogen (secondary N) is 1. The minimum atomic E-state index is -0.291. The zero-order chi connectivity index (χ0) is 18.6. The van der Waals surface area contributed by atoms with Crippen LogP contribution in [-0.2, 0) is 11.3 Å². The van der Waals surface area contributed by atoms with Crippen LogP contribution < -0.4 is 15.6 Å². The Labute approximate surface area is 157 Å². The van der Waals surface area contributed by atoms with Crippen molar-refractivity contribution in [1.29, 1.82) is 0 Å². The molecule has 2 aliphatic rings. The number of rotatable bonds is 5. The summed E-state index contributed by atoms with van der Waals surface area (Å²) in [6.07, 6.45) is 3.47. The molecule has 3 heterocycles. The van der Waals surface area contributed by atoms with Crippen LogP contribution in [-0.4, -0.2) is 41.9 Å². The largest absolute Gasteiger partial charge is 0.482 e. The van der Waals surface area contributed by atoms with Crippen LogP contribution in [0.3, 0.4) is 0 Å². The number of carbonyl (C=O) groups is 1. The van der Waals surface area contributed by atoms with E-state index in [4.69, 9.17) is 9.47 Å². The molecule has 1 saturated heterocycles. The van der Waals surface area contributed by atoms with Crippen molar-refractivity contribution in [3.05, 3.63) is 64.1 Å². The minimum Gasteiger partial charge on any atom is -0.482 e. The number of pyridine rings is 1. The molecule has 7 heteroatoms. The first-order chi connectivity index (χ1) is 13.2. The first kappa shape index (κ1) is 17.6. The third-order valence-corrected chi connectivity index (χ3v) is 5.02. The molecule has 7 nitrogen and oxygen atoms in total. The van der Waals surface area contributed by atoms with Crippen molar-refractivity contribution >= 4 is 5.91 Å². The van der Waals surface area contributed by atoms with Gasteiger partial charge in [0, 0.05) is 32.0 Å². The Morgan fingerprint density at radius 2 is 1.89 bits per heavy atom. The molecule has 0 bridgehead atoms. The van der Waals surface area contributed by atoms with Gasteiger partial charge in [0.25, 0.3) is 5.91 Å². The summed E-state index contributed by atoms with van der Waals surface area (Å²) in [6.45, 7) is 2.77. The quantitative estimate of drug-likeness (QED) is 0.870. The molecule has 142 valence electrons. The molecule has 1 aromatic carbocycles. The number of amides is 1. The highest BCUT2D eigenvalue weighted by Crippen LogP contribution is 2.22. The molecule has 4 rings (SSSR count). The van der Waals surface area contributed by atoms with Gasteiger partial charge in [-0.15, -0.1) is 0 Å². The highest BCUT2D eigenvalue weighted by Gasteiger charge is 2.31. The average molecular weight is 369 g/mol. The van der Waals surface area contributed by atoms with Crippen LogP contribution >= 0.6 is 0 Å². The minimum absolute atomic E-state index is 0.0931. The summed E-state index contributed by atoms with van der Waals surface area (Å²) in [6, 6.07) is 11.0. The highest BCUT2D eigenvalue weighted by molar-refractivity contribution is 5.96. The number of aromatic nitrogens is 1. The Morgan fingerprint density at radius 1 is 1.11 bits per heavy atom. The van der Waals surface area contributed by atoms with E-state index in [-0.39, 0.29) is 29.4 Å². The molecule has 1 N–H and O–H groups in total. The third-order valence-electron chi connectivity index (χ3n) is 5.02. The lowest BCUT2D eigenvalue weighted by molar-refractivity contribution is 0.0441. The van der Waals surface area contributed by atoms with Gasteiger partial charge in [-0.2, -0.15) is 0 Å². The van der Waals surface area contributed by atoms with Crippen LogP contribution in [0.25, 0.3) is 0 Å². The van der Waals surface area contributed by atoms with Gasteiger partial charge in [-0.05, 0) is 24.3 Å². The summed E-state index contributed by atoms with van der Waals surface area (Å²) < 4.78 is 12.8. The fourth-order valence-electron chi connectivity index (χ4n) is 3.49. The van der Waals surface area contributed by atoms with E-state index in [0.717, 1.165) is 31.6 Å². The second-order valence-corrected chi connectivity index (χ2v) is 6.90. The molecular weight excluding hydrogens is 346 g/mol. The second-order valence-electron chi connectivity index (χ2n) is 6.90. The summed E-state index contributed by atoms with van der Waals surface area (Å²) in [5.74, 6) is 0.330. The maximum absolute atomic E-state index is 13.1. The van der Waals surface area contributed by atoms with E-state index in [1.165, 1.54) is 6.07 Å². The Bertz CT molecular complexity index is 859. The van der Waals surface area contributed by atoms with Crippen molar-refractivity contribution < 1.29 is 14.3 Å². The maximum Gasteiger partial charge on any atom is 0.277 e. The predicted molar refractivity (Wildman–Crippen MR) is 100 cm³/mol. The number of hydrogen-bond acceptors (Lipinski definition) is 5. The number of benzene rings is 1. The Morgan fingerprint density at radius 3 is 2.67 bits per heavy atom. The number of nitrogens with zero attached hydrogens (tertiary/aromatic N) is 2. The second kappa shape index (κ2) is 7.84. The first-order valence-electron chi connectivity index (χ1n) is 9.25. The van der Waals surface area contributed by atoms with Crippen LogP contribution in [0, 0.1) is 5.92 Å². The summed E-state index contributed by atoms with van der Waals surface area (Å²) >= 11 is 0. The summed E-state index contributed by atoms with van der Waals surface area (Å²) in [4.78, 5) is 27.2. The molecule has 0 saturated carbocycles. The van der Waals surface area contributed by atoms with Crippen LogP contribution in [0.4, 0.5) is 0 Å². The predicted octanol–water partition coefficient (Wildman–Crippen LogP) is 1.81. The molecule has 1 fully saturated rings. The molecule has 0 radical (unpaired) electrons. The molecule has 0 atom stereocenters. The summed E-state index contributed by atoms with van der Waals surface area (Å²) in [7, 11) is 0. The lowest BCUT2D eigenvalue weighted by atomic mass is 9.99. The molecule has 0 spiro atoms. The first-order valence-corrected chi connectivity index (χ1v) is 9.25. The monoisotopic (exact) mass is 369 g/mol. The topological polar surface area (TPSA) is 72.8 Å². The van der Waals surface area contributed by atoms with Crippen molar-refractivity contribution in [2.45, 2.75) is 19.4 Å². The van der Waals surface area contributed by atoms with Crippen LogP contribution in [0.2, 0.25) is 0 Å². The van der Waals surface area contributed by atoms with Gasteiger partial charge in [-0.3, -0.25) is 14.3 Å². The van der Waals surface area contributed by atoms with E-state index < -0.39 is 0 Å². The van der Waals surface area contributed by atoms with Crippen molar-refractivity contribution in [3.8, 4) is 5.75 Å². The molecule has 0 aliphatic carbocycles. The highest BCUT2D eigenvalue weighted by atomic mass is 16.5. The summed E-state index contributed by atoms with van der Waals surface area (Å²) in [5, 5.41) is 0. The number of fused-ring (bicyclic) bond motifs is 1. The van der Waals surface area contributed by atoms with Crippen molar-refractivity contribution in [2.75, 3.05) is 31.9 Å². The zero-order valence-corrected chi connectivity index (χ0v) is 15.1. The van der Waals surface area contributed by atoms with E-state index in [0.29, 0.717) is 19.1 Å². The lowest BCUT2D eigenvalue weighted by Gasteiger charge is -2.35. The SMILES string of the molecule is O=C1c2c(OCc3ccccc3)c(=O)ccn2NCN1CC1CCOCC1. The van der Waals surface area contributed by atoms with Gasteiger partial charge in [0.2, 0.25) is 5.43 Å². The van der Waals surface area contributed by atoms with Gasteiger partial charge in [-0.25, -0.2) is 0 Å². The number of ether oxygens (including phenoxy) is 2. The molecular formula is C20H23N3O4. The Hall–Kier alpha value is -2.80. The molecule has 0 unspecified atom stereocenters. The van der Waals surface area contributed by atoms with Crippen molar-refractivity contribution in [2.24, 2.45) is 5.92 Å². The van der Waals surface area contributed by atoms with E-state index in [1.807, 2.05) is 30.3 Å². The van der Waals surface area contributed by atoms with Crippen molar-refractivity contribution in [1.82, 2.24) is 9.58 Å². The van der Waals surface area contributed by atoms with Gasteiger partial charge in [0.15, 0.2) is 11.4 Å². The molecule has 2 aliphatic heterocycles. The average Bonchev–Trinajstić information content (AvgIpc) is 2.71. The van der Waals surface area contributed by atoms with Gasteiger partial charge in [0.05, 0.1) is 0 Å². The molecule has 27 heavy (non-hydrogen) atoms. The van der Waals surface area contributed by atoms with Crippen molar-refractivity contribution in [3.63, 3.8) is 0 Å². The van der Waals surface area contributed by atoms with Crippen LogP contribution in [0.15, 0.2) is 47.4 Å². The lowest BCUT2D eigenvalue weighted by Crippen LogP contribution is -2.48. The molecule has 1 amide bonds. The number of hydrogen-bond donors (Lipinski definition) is 1. The molecule has 2 aromatic rings. The van der Waals surface area contributed by atoms with Crippen LogP contribution in [0.5, 0.6) is 5.75 Å². The normalized spacial score (nSPS) is 17.3. The van der Waals surface area contributed by atoms with E-state index in [1.54, 1.807) is 15.8 Å². The third kappa shape index (κ3) is 3.83. The Kier molecular flexibility index (Phi) is 5.11. The van der Waals surface area contributed by atoms with E-state index >= 15 is 0 Å². The van der Waals surface area contributed by atoms with Gasteiger partial charge in [-0.1, -0.05) is 30.3 Å². The van der Waals surface area contributed by atoms with E-state index in [9.17, 15) is 9.59 Å². The standard InChI is InChI=1S/C20H23N3O4/c24-17-6-9-23-18(19(17)27-13-16-4-2-1-3-5-16)20(25)22(14-21-23)12-15-7-10-26-11-8-15/h1-6,9,15,21H,7-8,10-14H2. The van der Waals surface area contributed by atoms with Gasteiger partial charge in [0.1, 0.15) is 13.3 Å². The summed E-state index contributed by atoms with van der Waals surface area (Å²) in [5.41, 5.74) is 4.08. The fraction of sp³-hybridized carbons (Fsp3) is 0.400. The van der Waals surface area contributed by atoms with E-state index in [2.05, 4.69) is 5.43 Å². The Balaban J connectivity index is 1.55. The zero-order valence-electron chi connectivity index (χ0n) is 15.1. The number of carbonyl (C=O) groups excluding carboxylic acids is 1. The smallest absolute Gasteiger partial charge is 0.277 e. The fourth-order valence-corrected chi connectivity index (χ4v) is 3.49. The maximum atomic E-state index is 13.1. The van der Waals surface area contributed by atoms with Gasteiger partial charge < -0.3 is 19.8 Å².